The van der Waals surface area contributed by atoms with E-state index in [1.54, 1.807) is 17.0 Å². The van der Waals surface area contributed by atoms with Gasteiger partial charge in [0.2, 0.25) is 0 Å². The third-order valence-electron chi connectivity index (χ3n) is 4.22. The number of carbonyl (C=O) groups is 1. The number of aromatic nitrogens is 1. The van der Waals surface area contributed by atoms with Crippen LogP contribution >= 0.6 is 0 Å². The number of amides is 2. The van der Waals surface area contributed by atoms with E-state index in [2.05, 4.69) is 10.3 Å². The van der Waals surface area contributed by atoms with Crippen LogP contribution in [0.3, 0.4) is 0 Å². The number of nitrogens with one attached hydrogen (secondary N) is 2. The lowest BCUT2D eigenvalue weighted by molar-refractivity contribution is -0.0530. The highest BCUT2D eigenvalue weighted by molar-refractivity contribution is 5.92. The highest BCUT2D eigenvalue weighted by atomic mass is 16.5. The van der Waals surface area contributed by atoms with E-state index in [1.807, 2.05) is 32.9 Å². The Labute approximate surface area is 140 Å². The first-order valence-corrected chi connectivity index (χ1v) is 8.33. The van der Waals surface area contributed by atoms with Gasteiger partial charge in [-0.3, -0.25) is 4.79 Å². The van der Waals surface area contributed by atoms with Crippen LogP contribution in [0.5, 0.6) is 0 Å². The third kappa shape index (κ3) is 3.43. The smallest absolute Gasteiger partial charge is 0.322 e. The van der Waals surface area contributed by atoms with Crippen LogP contribution in [0.15, 0.2) is 29.1 Å². The Hall–Kier alpha value is -2.34. The van der Waals surface area contributed by atoms with Crippen LogP contribution in [-0.2, 0) is 11.2 Å². The maximum absolute atomic E-state index is 12.5. The number of urea groups is 1. The van der Waals surface area contributed by atoms with Crippen molar-refractivity contribution >= 4 is 22.6 Å². The summed E-state index contributed by atoms with van der Waals surface area (Å²) in [4.78, 5) is 29.7. The van der Waals surface area contributed by atoms with Crippen LogP contribution < -0.4 is 10.7 Å². The number of nitrogens with zero attached hydrogens (tertiary/aromatic N) is 1. The second kappa shape index (κ2) is 6.65. The van der Waals surface area contributed by atoms with E-state index < -0.39 is 0 Å². The van der Waals surface area contributed by atoms with Gasteiger partial charge in [0.15, 0.2) is 5.43 Å². The van der Waals surface area contributed by atoms with Gasteiger partial charge in [-0.05, 0) is 38.5 Å². The number of aromatic amines is 1. The van der Waals surface area contributed by atoms with Gasteiger partial charge in [0.25, 0.3) is 0 Å². The van der Waals surface area contributed by atoms with Gasteiger partial charge in [0.05, 0.1) is 12.2 Å². The Balaban J connectivity index is 1.81. The molecule has 0 saturated carbocycles. The van der Waals surface area contributed by atoms with Crippen molar-refractivity contribution in [2.45, 2.75) is 39.4 Å². The lowest BCUT2D eigenvalue weighted by Crippen LogP contribution is -2.49. The number of morpholine rings is 1. The Morgan fingerprint density at radius 3 is 2.67 bits per heavy atom. The molecule has 1 aliphatic rings. The predicted octanol–water partition coefficient (Wildman–Crippen LogP) is 2.73. The van der Waals surface area contributed by atoms with Crippen molar-refractivity contribution in [3.05, 3.63) is 40.2 Å². The van der Waals surface area contributed by atoms with Crippen LogP contribution in [0.1, 0.15) is 26.5 Å². The molecular weight excluding hydrogens is 306 g/mol. The maximum atomic E-state index is 12.5. The lowest BCUT2D eigenvalue weighted by atomic mass is 10.1. The monoisotopic (exact) mass is 329 g/mol. The van der Waals surface area contributed by atoms with Crippen molar-refractivity contribution in [1.82, 2.24) is 9.88 Å². The summed E-state index contributed by atoms with van der Waals surface area (Å²) in [6, 6.07) is 6.80. The zero-order chi connectivity index (χ0) is 17.3. The fraction of sp³-hybridized carbons (Fsp3) is 0.444. The number of carbonyl (C=O) groups excluding carboxylic acids is 1. The fourth-order valence-corrected chi connectivity index (χ4v) is 3.12. The molecule has 6 nitrogen and oxygen atoms in total. The summed E-state index contributed by atoms with van der Waals surface area (Å²) >= 11 is 0. The number of aryl methyl sites for hydroxylation is 1. The first-order chi connectivity index (χ1) is 11.5. The SMILES string of the molecule is CCc1cc(=O)c2cc(NC(=O)N3C[C@@H](C)O[C@@H](C)C3)ccc2[nH]1. The van der Waals surface area contributed by atoms with E-state index in [-0.39, 0.29) is 23.7 Å². The van der Waals surface area contributed by atoms with Gasteiger partial charge in [-0.25, -0.2) is 4.79 Å². The molecule has 1 saturated heterocycles. The molecule has 1 fully saturated rings. The molecule has 1 aromatic heterocycles. The third-order valence-corrected chi connectivity index (χ3v) is 4.22. The van der Waals surface area contributed by atoms with E-state index in [9.17, 15) is 9.59 Å². The number of rotatable bonds is 2. The van der Waals surface area contributed by atoms with Crippen LogP contribution in [0.4, 0.5) is 10.5 Å². The molecule has 1 aliphatic heterocycles. The number of fused-ring (bicyclic) bond motifs is 1. The first kappa shape index (κ1) is 16.5. The minimum atomic E-state index is -0.169. The number of anilines is 1. The van der Waals surface area contributed by atoms with Crippen molar-refractivity contribution in [2.75, 3.05) is 18.4 Å². The summed E-state index contributed by atoms with van der Waals surface area (Å²) < 4.78 is 5.64. The normalized spacial score (nSPS) is 21.0. The molecule has 0 spiro atoms. The molecule has 128 valence electrons. The number of hydrogen-bond donors (Lipinski definition) is 2. The molecule has 1 aromatic carbocycles. The molecule has 2 atom stereocenters. The predicted molar refractivity (Wildman–Crippen MR) is 94.5 cm³/mol. The molecule has 2 aromatic rings. The van der Waals surface area contributed by atoms with Crippen molar-refractivity contribution in [3.63, 3.8) is 0 Å². The second-order valence-corrected chi connectivity index (χ2v) is 6.37. The molecule has 2 amide bonds. The zero-order valence-electron chi connectivity index (χ0n) is 14.3. The standard InChI is InChI=1S/C18H23N3O3/c1-4-13-8-17(22)15-7-14(5-6-16(15)19-13)20-18(23)21-9-11(2)24-12(3)10-21/h5-8,11-12H,4,9-10H2,1-3H3,(H,19,22)(H,20,23)/t11-,12+. The van der Waals surface area contributed by atoms with Crippen LogP contribution in [0.2, 0.25) is 0 Å². The molecular formula is C18H23N3O3. The van der Waals surface area contributed by atoms with Crippen LogP contribution in [-0.4, -0.2) is 41.2 Å². The summed E-state index contributed by atoms with van der Waals surface area (Å²) in [7, 11) is 0. The van der Waals surface area contributed by atoms with Gasteiger partial charge in [0, 0.05) is 41.4 Å². The van der Waals surface area contributed by atoms with E-state index in [0.29, 0.717) is 24.2 Å². The zero-order valence-corrected chi connectivity index (χ0v) is 14.3. The van der Waals surface area contributed by atoms with E-state index in [1.165, 1.54) is 0 Å². The summed E-state index contributed by atoms with van der Waals surface area (Å²) in [5, 5.41) is 3.46. The number of pyridine rings is 1. The van der Waals surface area contributed by atoms with Gasteiger partial charge in [-0.15, -0.1) is 0 Å². The Morgan fingerprint density at radius 2 is 2.00 bits per heavy atom. The molecule has 0 bridgehead atoms. The highest BCUT2D eigenvalue weighted by Gasteiger charge is 2.25. The fourth-order valence-electron chi connectivity index (χ4n) is 3.12. The number of ether oxygens (including phenoxy) is 1. The van der Waals surface area contributed by atoms with E-state index in [0.717, 1.165) is 17.6 Å². The molecule has 0 unspecified atom stereocenters. The number of hydrogen-bond acceptors (Lipinski definition) is 3. The van der Waals surface area contributed by atoms with Gasteiger partial charge >= 0.3 is 6.03 Å². The summed E-state index contributed by atoms with van der Waals surface area (Å²) in [6.07, 6.45) is 0.815. The van der Waals surface area contributed by atoms with Gasteiger partial charge in [-0.1, -0.05) is 6.92 Å². The average Bonchev–Trinajstić information content (AvgIpc) is 2.54. The summed E-state index contributed by atoms with van der Waals surface area (Å²) in [5.74, 6) is 0. The Kier molecular flexibility index (Phi) is 4.57. The quantitative estimate of drug-likeness (QED) is 0.889. The topological polar surface area (TPSA) is 74.4 Å². The summed E-state index contributed by atoms with van der Waals surface area (Å²) in [5.41, 5.74) is 2.27. The molecule has 0 aliphatic carbocycles. The summed E-state index contributed by atoms with van der Waals surface area (Å²) in [6.45, 7) is 7.03. The van der Waals surface area contributed by atoms with Crippen LogP contribution in [0, 0.1) is 0 Å². The Bertz CT molecular complexity index is 805. The molecule has 2 N–H and O–H groups in total. The second-order valence-electron chi connectivity index (χ2n) is 6.37. The minimum absolute atomic E-state index is 0.0198. The van der Waals surface area contributed by atoms with Crippen molar-refractivity contribution in [2.24, 2.45) is 0 Å². The van der Waals surface area contributed by atoms with Gasteiger partial charge in [-0.2, -0.15) is 0 Å². The van der Waals surface area contributed by atoms with Crippen LogP contribution in [0.25, 0.3) is 10.9 Å². The molecule has 0 radical (unpaired) electrons. The lowest BCUT2D eigenvalue weighted by Gasteiger charge is -2.35. The van der Waals surface area contributed by atoms with E-state index >= 15 is 0 Å². The number of H-pyrrole nitrogens is 1. The minimum Gasteiger partial charge on any atom is -0.372 e. The molecule has 2 heterocycles. The maximum Gasteiger partial charge on any atom is 0.322 e. The van der Waals surface area contributed by atoms with Crippen molar-refractivity contribution < 1.29 is 9.53 Å². The van der Waals surface area contributed by atoms with Crippen molar-refractivity contribution in [1.29, 1.82) is 0 Å². The molecule has 6 heteroatoms. The highest BCUT2D eigenvalue weighted by Crippen LogP contribution is 2.17. The Morgan fingerprint density at radius 1 is 1.29 bits per heavy atom. The molecule has 24 heavy (non-hydrogen) atoms. The molecule has 3 rings (SSSR count). The first-order valence-electron chi connectivity index (χ1n) is 8.33. The van der Waals surface area contributed by atoms with Gasteiger partial charge in [0.1, 0.15) is 0 Å². The number of benzene rings is 1. The average molecular weight is 329 g/mol. The van der Waals surface area contributed by atoms with E-state index in [4.69, 9.17) is 4.74 Å². The van der Waals surface area contributed by atoms with Crippen molar-refractivity contribution in [3.8, 4) is 0 Å². The largest absolute Gasteiger partial charge is 0.372 e. The van der Waals surface area contributed by atoms with Gasteiger partial charge < -0.3 is 19.9 Å².